The number of carbonyl (C=O) groups excluding carboxylic acids is 1. The number of fused-ring (bicyclic) bond motifs is 2. The third-order valence-electron chi connectivity index (χ3n) is 6.82. The maximum atomic E-state index is 12.7. The highest BCUT2D eigenvalue weighted by molar-refractivity contribution is 5.75. The van der Waals surface area contributed by atoms with E-state index in [4.69, 9.17) is 4.74 Å². The van der Waals surface area contributed by atoms with E-state index in [2.05, 4.69) is 0 Å². The standard InChI is InChI=1S/C26H40O6/c1-6-18(15-27)12-17(3)22-10-16(2)11-23(29)26(4,5)20-9-7-8-19(13-20)14-21(28)24(30)25(31)32-22/h7-9,12-13,16,18,21-24,27-30H,6,10-11,14-15H2,1-5H3/b17-12-/t16-,18-,21-,22?,23-,24+/m1/s1. The number of esters is 1. The number of hydrogen-bond donors (Lipinski definition) is 4. The maximum absolute atomic E-state index is 12.7. The fraction of sp³-hybridized carbons (Fsp3) is 0.654. The van der Waals surface area contributed by atoms with Gasteiger partial charge >= 0.3 is 5.97 Å². The molecule has 6 heteroatoms. The van der Waals surface area contributed by atoms with E-state index in [1.165, 1.54) is 0 Å². The monoisotopic (exact) mass is 448 g/mol. The van der Waals surface area contributed by atoms with Gasteiger partial charge in [-0.1, -0.05) is 58.0 Å². The quantitative estimate of drug-likeness (QED) is 0.417. The molecule has 1 aromatic carbocycles. The van der Waals surface area contributed by atoms with Crippen molar-refractivity contribution in [2.75, 3.05) is 6.61 Å². The molecule has 0 radical (unpaired) electrons. The van der Waals surface area contributed by atoms with Gasteiger partial charge in [-0.05, 0) is 48.8 Å². The Hall–Kier alpha value is -1.73. The van der Waals surface area contributed by atoms with Crippen LogP contribution in [0.4, 0.5) is 0 Å². The Labute approximate surface area is 191 Å². The first-order valence-electron chi connectivity index (χ1n) is 11.6. The predicted molar refractivity (Wildman–Crippen MR) is 124 cm³/mol. The largest absolute Gasteiger partial charge is 0.456 e. The third kappa shape index (κ3) is 6.64. The fourth-order valence-electron chi connectivity index (χ4n) is 4.25. The smallest absolute Gasteiger partial charge is 0.338 e. The Morgan fingerprint density at radius 3 is 2.56 bits per heavy atom. The van der Waals surface area contributed by atoms with Gasteiger partial charge in [0.15, 0.2) is 6.10 Å². The normalized spacial score (nSPS) is 30.8. The first-order chi connectivity index (χ1) is 15.0. The zero-order valence-electron chi connectivity index (χ0n) is 20.0. The second-order valence-electron chi connectivity index (χ2n) is 9.92. The second kappa shape index (κ2) is 11.4. The number of rotatable bonds is 4. The van der Waals surface area contributed by atoms with E-state index >= 15 is 0 Å². The van der Waals surface area contributed by atoms with E-state index in [-0.39, 0.29) is 24.9 Å². The summed E-state index contributed by atoms with van der Waals surface area (Å²) in [6.45, 7) is 9.81. The molecule has 2 rings (SSSR count). The summed E-state index contributed by atoms with van der Waals surface area (Å²) < 4.78 is 5.66. The van der Waals surface area contributed by atoms with Crippen LogP contribution >= 0.6 is 0 Å². The molecule has 6 nitrogen and oxygen atoms in total. The molecule has 2 bridgehead atoms. The van der Waals surface area contributed by atoms with Crippen molar-refractivity contribution in [3.63, 3.8) is 0 Å². The molecule has 0 aliphatic carbocycles. The summed E-state index contributed by atoms with van der Waals surface area (Å²) in [7, 11) is 0. The van der Waals surface area contributed by atoms with E-state index in [1.54, 1.807) is 0 Å². The van der Waals surface area contributed by atoms with Gasteiger partial charge < -0.3 is 25.2 Å². The number of cyclic esters (lactones) is 1. The Morgan fingerprint density at radius 1 is 1.25 bits per heavy atom. The Bertz CT molecular complexity index is 782. The maximum Gasteiger partial charge on any atom is 0.338 e. The lowest BCUT2D eigenvalue weighted by Gasteiger charge is -2.34. The minimum Gasteiger partial charge on any atom is -0.456 e. The first-order valence-corrected chi connectivity index (χ1v) is 11.6. The van der Waals surface area contributed by atoms with E-state index in [0.29, 0.717) is 12.8 Å². The molecule has 180 valence electrons. The van der Waals surface area contributed by atoms with Crippen LogP contribution in [0.3, 0.4) is 0 Å². The Kier molecular flexibility index (Phi) is 9.46. The van der Waals surface area contributed by atoms with Crippen LogP contribution in [0.15, 0.2) is 35.9 Å². The van der Waals surface area contributed by atoms with Crippen LogP contribution in [0.25, 0.3) is 0 Å². The molecule has 1 aromatic rings. The molecule has 0 amide bonds. The molecule has 0 saturated heterocycles. The van der Waals surface area contributed by atoms with Crippen LogP contribution in [0.1, 0.15) is 65.0 Å². The lowest BCUT2D eigenvalue weighted by Crippen LogP contribution is -2.40. The van der Waals surface area contributed by atoms with Gasteiger partial charge in [-0.25, -0.2) is 4.79 Å². The first kappa shape index (κ1) is 26.5. The van der Waals surface area contributed by atoms with Gasteiger partial charge in [0.2, 0.25) is 0 Å². The molecule has 6 atom stereocenters. The van der Waals surface area contributed by atoms with Gasteiger partial charge in [0, 0.05) is 24.4 Å². The average molecular weight is 449 g/mol. The molecular formula is C26H40O6. The van der Waals surface area contributed by atoms with Crippen molar-refractivity contribution in [2.24, 2.45) is 11.8 Å². The van der Waals surface area contributed by atoms with Gasteiger partial charge in [0.25, 0.3) is 0 Å². The van der Waals surface area contributed by atoms with Crippen LogP contribution in [-0.4, -0.2) is 57.4 Å². The highest BCUT2D eigenvalue weighted by atomic mass is 16.6. The SMILES string of the molecule is CC[C@H](/C=C(/C)C1C[C@@H](C)C[C@@H](O)C(C)(C)c2cccc(c2)C[C@@H](O)[C@H](O)C(=O)O1)CO. The van der Waals surface area contributed by atoms with Crippen molar-refractivity contribution in [3.8, 4) is 0 Å². The molecule has 1 heterocycles. The molecule has 0 fully saturated rings. The van der Waals surface area contributed by atoms with Gasteiger partial charge in [-0.3, -0.25) is 0 Å². The Balaban J connectivity index is 2.42. The van der Waals surface area contributed by atoms with Crippen molar-refractivity contribution >= 4 is 5.97 Å². The highest BCUT2D eigenvalue weighted by Gasteiger charge is 2.34. The number of carbonyl (C=O) groups is 1. The summed E-state index contributed by atoms with van der Waals surface area (Å²) in [5.41, 5.74) is 1.99. The van der Waals surface area contributed by atoms with E-state index in [9.17, 15) is 25.2 Å². The number of aliphatic hydroxyl groups is 4. The zero-order chi connectivity index (χ0) is 24.1. The van der Waals surface area contributed by atoms with Crippen molar-refractivity contribution < 1.29 is 30.0 Å². The topological polar surface area (TPSA) is 107 Å². The lowest BCUT2D eigenvalue weighted by atomic mass is 9.75. The van der Waals surface area contributed by atoms with E-state index in [1.807, 2.05) is 65.0 Å². The van der Waals surface area contributed by atoms with Crippen molar-refractivity contribution in [1.29, 1.82) is 0 Å². The van der Waals surface area contributed by atoms with Gasteiger partial charge in [-0.2, -0.15) is 0 Å². The molecule has 0 saturated carbocycles. The Morgan fingerprint density at radius 2 is 1.94 bits per heavy atom. The second-order valence-corrected chi connectivity index (χ2v) is 9.92. The molecule has 1 aliphatic rings. The van der Waals surface area contributed by atoms with Crippen molar-refractivity contribution in [2.45, 2.75) is 90.1 Å². The summed E-state index contributed by atoms with van der Waals surface area (Å²) in [6, 6.07) is 7.56. The molecule has 0 aromatic heterocycles. The molecule has 0 spiro atoms. The third-order valence-corrected chi connectivity index (χ3v) is 6.82. The number of hydrogen-bond acceptors (Lipinski definition) is 6. The molecule has 4 N–H and O–H groups in total. The van der Waals surface area contributed by atoms with Crippen molar-refractivity contribution in [1.82, 2.24) is 0 Å². The van der Waals surface area contributed by atoms with Crippen LogP contribution < -0.4 is 0 Å². The molecule has 32 heavy (non-hydrogen) atoms. The molecule has 1 unspecified atom stereocenters. The summed E-state index contributed by atoms with van der Waals surface area (Å²) >= 11 is 0. The van der Waals surface area contributed by atoms with Crippen LogP contribution in [0.2, 0.25) is 0 Å². The highest BCUT2D eigenvalue weighted by Crippen LogP contribution is 2.33. The summed E-state index contributed by atoms with van der Waals surface area (Å²) in [6.07, 6.45) is -0.481. The number of aliphatic hydroxyl groups excluding tert-OH is 4. The minimum atomic E-state index is -1.66. The summed E-state index contributed by atoms with van der Waals surface area (Å²) in [4.78, 5) is 12.7. The molecule has 1 aliphatic heterocycles. The number of ether oxygens (including phenoxy) is 1. The van der Waals surface area contributed by atoms with Crippen molar-refractivity contribution in [3.05, 3.63) is 47.0 Å². The lowest BCUT2D eigenvalue weighted by molar-refractivity contribution is -0.164. The van der Waals surface area contributed by atoms with E-state index in [0.717, 1.165) is 23.1 Å². The van der Waals surface area contributed by atoms with Gasteiger partial charge in [0.05, 0.1) is 12.2 Å². The summed E-state index contributed by atoms with van der Waals surface area (Å²) in [5, 5.41) is 41.6. The number of benzene rings is 1. The molecular weight excluding hydrogens is 408 g/mol. The van der Waals surface area contributed by atoms with E-state index < -0.39 is 35.8 Å². The predicted octanol–water partition coefficient (Wildman–Crippen LogP) is 2.90. The van der Waals surface area contributed by atoms with Gasteiger partial charge in [-0.15, -0.1) is 0 Å². The summed E-state index contributed by atoms with van der Waals surface area (Å²) in [5.74, 6) is -0.899. The fourth-order valence-corrected chi connectivity index (χ4v) is 4.25. The average Bonchev–Trinajstić information content (AvgIpc) is 2.75. The van der Waals surface area contributed by atoms with Gasteiger partial charge in [0.1, 0.15) is 6.10 Å². The zero-order valence-corrected chi connectivity index (χ0v) is 20.0. The minimum absolute atomic E-state index is 0.00393. The van der Waals surface area contributed by atoms with Crippen LogP contribution in [0.5, 0.6) is 0 Å². The van der Waals surface area contributed by atoms with Crippen LogP contribution in [0, 0.1) is 11.8 Å². The van der Waals surface area contributed by atoms with Crippen LogP contribution in [-0.2, 0) is 21.4 Å².